The van der Waals surface area contributed by atoms with Crippen LogP contribution in [0.1, 0.15) is 1.43 Å². The van der Waals surface area contributed by atoms with E-state index < -0.39 is 0 Å². The summed E-state index contributed by atoms with van der Waals surface area (Å²) in [4.78, 5) is 3.84. The summed E-state index contributed by atoms with van der Waals surface area (Å²) < 4.78 is 1.02. The van der Waals surface area contributed by atoms with E-state index in [-0.39, 0.29) is 31.0 Å². The smallest absolute Gasteiger partial charge is 1.00 e. The predicted molar refractivity (Wildman–Crippen MR) is 33.0 cm³/mol. The van der Waals surface area contributed by atoms with Crippen LogP contribution >= 0.6 is 15.9 Å². The molecule has 1 aromatic heterocycles. The topological polar surface area (TPSA) is 12.9 Å². The van der Waals surface area contributed by atoms with Gasteiger partial charge in [0.15, 0.2) is 0 Å². The van der Waals surface area contributed by atoms with Crippen LogP contribution in [0.4, 0.5) is 0 Å². The van der Waals surface area contributed by atoms with Crippen LogP contribution < -0.4 is 29.6 Å². The van der Waals surface area contributed by atoms with Gasteiger partial charge in [-0.3, -0.25) is 4.98 Å². The summed E-state index contributed by atoms with van der Waals surface area (Å²) in [7, 11) is 0. The van der Waals surface area contributed by atoms with Crippen molar-refractivity contribution in [3.05, 3.63) is 29.0 Å². The Kier molecular flexibility index (Phi) is 4.86. The Balaban J connectivity index is 0. The zero-order chi connectivity index (χ0) is 5.11. The van der Waals surface area contributed by atoms with Crippen molar-refractivity contribution in [3.8, 4) is 0 Å². The molecule has 0 bridgehead atoms. The molecule has 0 saturated heterocycles. The van der Waals surface area contributed by atoms with Gasteiger partial charge in [0.05, 0.1) is 0 Å². The van der Waals surface area contributed by atoms with E-state index in [1.54, 1.807) is 12.4 Å². The maximum absolute atomic E-state index is 3.84. The number of hydrogen-bond donors (Lipinski definition) is 0. The van der Waals surface area contributed by atoms with Gasteiger partial charge in [0, 0.05) is 16.9 Å². The molecule has 38 valence electrons. The molecule has 1 heterocycles. The SMILES string of the molecule is Brc1cccnc1.[H-].[Na+]. The van der Waals surface area contributed by atoms with Gasteiger partial charge in [0.1, 0.15) is 0 Å². The zero-order valence-corrected chi connectivity index (χ0v) is 8.22. The third-order valence-electron chi connectivity index (χ3n) is 0.625. The van der Waals surface area contributed by atoms with Gasteiger partial charge in [-0.2, -0.15) is 0 Å². The molecule has 0 unspecified atom stereocenters. The zero-order valence-electron chi connectivity index (χ0n) is 5.63. The Morgan fingerprint density at radius 2 is 2.38 bits per heavy atom. The molecule has 0 aromatic carbocycles. The Morgan fingerprint density at radius 3 is 2.62 bits per heavy atom. The second-order valence-electron chi connectivity index (χ2n) is 1.17. The Labute approximate surface area is 80.4 Å². The van der Waals surface area contributed by atoms with Crippen molar-refractivity contribution < 1.29 is 31.0 Å². The first-order chi connectivity index (χ1) is 3.39. The minimum Gasteiger partial charge on any atom is -1.00 e. The molecule has 0 atom stereocenters. The first-order valence-electron chi connectivity index (χ1n) is 1.95. The van der Waals surface area contributed by atoms with Crippen molar-refractivity contribution in [2.75, 3.05) is 0 Å². The second-order valence-corrected chi connectivity index (χ2v) is 2.09. The van der Waals surface area contributed by atoms with Crippen LogP contribution in [0.15, 0.2) is 29.0 Å². The Bertz CT molecular complexity index is 147. The van der Waals surface area contributed by atoms with Gasteiger partial charge in [-0.1, -0.05) is 0 Å². The predicted octanol–water partition coefficient (Wildman–Crippen LogP) is -1.04. The summed E-state index contributed by atoms with van der Waals surface area (Å²) in [6.07, 6.45) is 3.49. The van der Waals surface area contributed by atoms with E-state index in [4.69, 9.17) is 0 Å². The van der Waals surface area contributed by atoms with Crippen LogP contribution in [0.5, 0.6) is 0 Å². The molecule has 0 aliphatic heterocycles. The molecule has 0 aliphatic carbocycles. The number of halogens is 1. The maximum Gasteiger partial charge on any atom is 1.00 e. The van der Waals surface area contributed by atoms with Gasteiger partial charge in [-0.05, 0) is 28.1 Å². The number of rotatable bonds is 0. The maximum atomic E-state index is 3.84. The Morgan fingerprint density at radius 1 is 1.62 bits per heavy atom. The van der Waals surface area contributed by atoms with Gasteiger partial charge in [-0.15, -0.1) is 0 Å². The summed E-state index contributed by atoms with van der Waals surface area (Å²) in [5.74, 6) is 0. The van der Waals surface area contributed by atoms with Crippen molar-refractivity contribution >= 4 is 15.9 Å². The van der Waals surface area contributed by atoms with Gasteiger partial charge in [-0.25, -0.2) is 0 Å². The minimum atomic E-state index is 0. The molecule has 8 heavy (non-hydrogen) atoms. The molecule has 0 aliphatic rings. The molecule has 1 rings (SSSR count). The number of aromatic nitrogens is 1. The summed E-state index contributed by atoms with van der Waals surface area (Å²) in [5.41, 5.74) is 0. The molecular formula is C5H5BrNNa. The number of hydrogen-bond acceptors (Lipinski definition) is 1. The molecule has 3 heteroatoms. The van der Waals surface area contributed by atoms with Crippen molar-refractivity contribution in [1.82, 2.24) is 4.98 Å². The summed E-state index contributed by atoms with van der Waals surface area (Å²) in [5, 5.41) is 0. The van der Waals surface area contributed by atoms with Crippen molar-refractivity contribution in [1.29, 1.82) is 0 Å². The second kappa shape index (κ2) is 4.50. The minimum absolute atomic E-state index is 0. The van der Waals surface area contributed by atoms with E-state index in [0.29, 0.717) is 0 Å². The first-order valence-corrected chi connectivity index (χ1v) is 2.74. The van der Waals surface area contributed by atoms with Crippen LogP contribution in [0.2, 0.25) is 0 Å². The van der Waals surface area contributed by atoms with Gasteiger partial charge in [0.25, 0.3) is 0 Å². The van der Waals surface area contributed by atoms with Crippen molar-refractivity contribution in [2.45, 2.75) is 0 Å². The average Bonchev–Trinajstić information content (AvgIpc) is 1.69. The third kappa shape index (κ3) is 2.82. The molecule has 0 N–H and O–H groups in total. The molecule has 0 fully saturated rings. The summed E-state index contributed by atoms with van der Waals surface area (Å²) in [6.45, 7) is 0. The van der Waals surface area contributed by atoms with Gasteiger partial charge >= 0.3 is 29.6 Å². The summed E-state index contributed by atoms with van der Waals surface area (Å²) in [6, 6.07) is 3.82. The standard InChI is InChI=1S/C5H4BrN.Na.H/c6-5-2-1-3-7-4-5;;/h1-4H;;/q;+1;-1. The first kappa shape index (κ1) is 8.63. The van der Waals surface area contributed by atoms with E-state index >= 15 is 0 Å². The van der Waals surface area contributed by atoms with Crippen LogP contribution in [0.25, 0.3) is 0 Å². The van der Waals surface area contributed by atoms with Crippen LogP contribution in [0.3, 0.4) is 0 Å². The fourth-order valence-electron chi connectivity index (χ4n) is 0.342. The van der Waals surface area contributed by atoms with E-state index in [1.807, 2.05) is 12.1 Å². The fourth-order valence-corrected chi connectivity index (χ4v) is 0.613. The van der Waals surface area contributed by atoms with Crippen molar-refractivity contribution in [3.63, 3.8) is 0 Å². The van der Waals surface area contributed by atoms with E-state index in [0.717, 1.165) is 4.47 Å². The molecule has 0 radical (unpaired) electrons. The van der Waals surface area contributed by atoms with Gasteiger partial charge in [0.2, 0.25) is 0 Å². The van der Waals surface area contributed by atoms with E-state index in [9.17, 15) is 0 Å². The molecular weight excluding hydrogens is 177 g/mol. The molecule has 1 nitrogen and oxygen atoms in total. The quantitative estimate of drug-likeness (QED) is 0.467. The number of nitrogens with zero attached hydrogens (tertiary/aromatic N) is 1. The van der Waals surface area contributed by atoms with Crippen LogP contribution in [-0.2, 0) is 0 Å². The monoisotopic (exact) mass is 181 g/mol. The fraction of sp³-hybridized carbons (Fsp3) is 0. The molecule has 1 aromatic rings. The number of pyridine rings is 1. The van der Waals surface area contributed by atoms with Gasteiger partial charge < -0.3 is 1.43 Å². The van der Waals surface area contributed by atoms with Crippen LogP contribution in [0, 0.1) is 0 Å². The third-order valence-corrected chi connectivity index (χ3v) is 1.09. The molecule has 0 spiro atoms. The largest absolute Gasteiger partial charge is 1.00 e. The summed E-state index contributed by atoms with van der Waals surface area (Å²) >= 11 is 3.25. The van der Waals surface area contributed by atoms with E-state index in [1.165, 1.54) is 0 Å². The van der Waals surface area contributed by atoms with Crippen molar-refractivity contribution in [2.24, 2.45) is 0 Å². The Hall–Kier alpha value is 0.630. The normalized spacial score (nSPS) is 7.62. The van der Waals surface area contributed by atoms with E-state index in [2.05, 4.69) is 20.9 Å². The molecule has 0 amide bonds. The average molecular weight is 182 g/mol. The molecule has 0 saturated carbocycles. The van der Waals surface area contributed by atoms with Crippen LogP contribution in [-0.4, -0.2) is 4.98 Å².